The maximum absolute atomic E-state index is 13.5. The van der Waals surface area contributed by atoms with Gasteiger partial charge in [-0.05, 0) is 49.1 Å². The first-order valence-corrected chi connectivity index (χ1v) is 11.5. The van der Waals surface area contributed by atoms with E-state index in [0.29, 0.717) is 12.2 Å². The van der Waals surface area contributed by atoms with Gasteiger partial charge in [0.1, 0.15) is 6.54 Å². The molecule has 0 saturated carbocycles. The Hall–Kier alpha value is -2.38. The second kappa shape index (κ2) is 9.62. The zero-order chi connectivity index (χ0) is 22.5. The molecule has 0 aliphatic rings. The number of aliphatic hydroxyl groups excluding tert-OH is 1. The number of aliphatic hydroxyl groups is 1. The van der Waals surface area contributed by atoms with Crippen LogP contribution in [0.5, 0.6) is 0 Å². The highest BCUT2D eigenvalue weighted by Crippen LogP contribution is 2.27. The molecule has 0 aliphatic heterocycles. The minimum absolute atomic E-state index is 0.0964. The fourth-order valence-electron chi connectivity index (χ4n) is 3.08. The predicted octanol–water partition coefficient (Wildman–Crippen LogP) is 3.33. The summed E-state index contributed by atoms with van der Waals surface area (Å²) in [5.74, 6) is -0.359. The van der Waals surface area contributed by atoms with Crippen molar-refractivity contribution in [3.8, 4) is 0 Å². The van der Waals surface area contributed by atoms with E-state index in [2.05, 4.69) is 20.8 Å². The summed E-state index contributed by atoms with van der Waals surface area (Å²) in [4.78, 5) is 14.4. The molecule has 1 N–H and O–H groups in total. The van der Waals surface area contributed by atoms with E-state index in [4.69, 9.17) is 0 Å². The van der Waals surface area contributed by atoms with Gasteiger partial charge in [0.2, 0.25) is 5.91 Å². The first-order valence-electron chi connectivity index (χ1n) is 10.1. The van der Waals surface area contributed by atoms with E-state index in [1.165, 1.54) is 4.90 Å². The molecule has 0 aromatic heterocycles. The molecule has 2 aromatic carbocycles. The van der Waals surface area contributed by atoms with Crippen molar-refractivity contribution in [3.63, 3.8) is 0 Å². The van der Waals surface area contributed by atoms with Gasteiger partial charge in [-0.1, -0.05) is 50.6 Å². The highest BCUT2D eigenvalue weighted by atomic mass is 32.2. The van der Waals surface area contributed by atoms with Gasteiger partial charge < -0.3 is 10.0 Å². The molecule has 0 saturated heterocycles. The van der Waals surface area contributed by atoms with Gasteiger partial charge in [-0.25, -0.2) is 8.42 Å². The average molecular weight is 433 g/mol. The van der Waals surface area contributed by atoms with Crippen LogP contribution in [0.4, 0.5) is 5.69 Å². The Bertz CT molecular complexity index is 946. The Labute approximate surface area is 180 Å². The lowest BCUT2D eigenvalue weighted by Crippen LogP contribution is -2.44. The number of carbonyl (C=O) groups excluding carboxylic acids is 1. The van der Waals surface area contributed by atoms with Crippen LogP contribution in [-0.4, -0.2) is 50.6 Å². The highest BCUT2D eigenvalue weighted by Gasteiger charge is 2.29. The van der Waals surface area contributed by atoms with Crippen molar-refractivity contribution in [1.82, 2.24) is 4.90 Å². The molecule has 6 nitrogen and oxygen atoms in total. The summed E-state index contributed by atoms with van der Waals surface area (Å²) in [6.45, 7) is 9.95. The average Bonchev–Trinajstić information content (AvgIpc) is 2.70. The Kier molecular flexibility index (Phi) is 7.66. The third-order valence-electron chi connectivity index (χ3n) is 5.01. The number of aryl methyl sites for hydroxylation is 1. The topological polar surface area (TPSA) is 77.9 Å². The number of sulfonamides is 1. The molecule has 0 heterocycles. The summed E-state index contributed by atoms with van der Waals surface area (Å²) in [7, 11) is -3.96. The zero-order valence-corrected chi connectivity index (χ0v) is 19.2. The zero-order valence-electron chi connectivity index (χ0n) is 18.4. The van der Waals surface area contributed by atoms with Gasteiger partial charge in [-0.3, -0.25) is 9.10 Å². The fraction of sp³-hybridized carbons (Fsp3) is 0.435. The summed E-state index contributed by atoms with van der Waals surface area (Å²) in [5.41, 5.74) is 2.35. The van der Waals surface area contributed by atoms with Crippen LogP contribution in [0.15, 0.2) is 53.4 Å². The molecular weight excluding hydrogens is 400 g/mol. The third-order valence-corrected chi connectivity index (χ3v) is 6.80. The Morgan fingerprint density at radius 2 is 1.57 bits per heavy atom. The normalized spacial score (nSPS) is 11.9. The molecule has 0 unspecified atom stereocenters. The number of hydrogen-bond acceptors (Lipinski definition) is 4. The van der Waals surface area contributed by atoms with Crippen molar-refractivity contribution in [1.29, 1.82) is 0 Å². The monoisotopic (exact) mass is 432 g/mol. The lowest BCUT2D eigenvalue weighted by atomic mass is 9.87. The van der Waals surface area contributed by atoms with Crippen LogP contribution in [0.2, 0.25) is 0 Å². The molecule has 2 rings (SSSR count). The maximum atomic E-state index is 13.5. The summed E-state index contributed by atoms with van der Waals surface area (Å²) in [5, 5.41) is 9.20. The number of rotatable bonds is 8. The number of anilines is 1. The summed E-state index contributed by atoms with van der Waals surface area (Å²) < 4.78 is 28.1. The number of nitrogens with zero attached hydrogens (tertiary/aromatic N) is 2. The minimum Gasteiger partial charge on any atom is -0.395 e. The summed E-state index contributed by atoms with van der Waals surface area (Å²) in [6.07, 6.45) is 0. The van der Waals surface area contributed by atoms with Gasteiger partial charge >= 0.3 is 0 Å². The number of benzene rings is 2. The number of hydrogen-bond donors (Lipinski definition) is 1. The van der Waals surface area contributed by atoms with Crippen LogP contribution in [0, 0.1) is 6.92 Å². The standard InChI is InChI=1S/C23H32N2O4S/c1-6-24(15-16-26)22(27)17-25(20-11-7-18(2)8-12-20)30(28,29)21-13-9-19(10-14-21)23(3,4)5/h7-14,26H,6,15-17H2,1-5H3. The van der Waals surface area contributed by atoms with Crippen LogP contribution in [0.1, 0.15) is 38.8 Å². The molecule has 7 heteroatoms. The van der Waals surface area contributed by atoms with Crippen LogP contribution >= 0.6 is 0 Å². The number of likely N-dealkylation sites (N-methyl/N-ethyl adjacent to an activating group) is 1. The second-order valence-electron chi connectivity index (χ2n) is 8.32. The Morgan fingerprint density at radius 3 is 2.03 bits per heavy atom. The first-order chi connectivity index (χ1) is 14.0. The molecule has 164 valence electrons. The van der Waals surface area contributed by atoms with Crippen molar-refractivity contribution >= 4 is 21.6 Å². The largest absolute Gasteiger partial charge is 0.395 e. The number of amides is 1. The second-order valence-corrected chi connectivity index (χ2v) is 10.2. The van der Waals surface area contributed by atoms with Crippen molar-refractivity contribution in [3.05, 3.63) is 59.7 Å². The lowest BCUT2D eigenvalue weighted by molar-refractivity contribution is -0.129. The summed E-state index contributed by atoms with van der Waals surface area (Å²) in [6, 6.07) is 13.8. The van der Waals surface area contributed by atoms with E-state index in [1.807, 2.05) is 31.2 Å². The van der Waals surface area contributed by atoms with E-state index in [1.54, 1.807) is 31.2 Å². The highest BCUT2D eigenvalue weighted by molar-refractivity contribution is 7.92. The van der Waals surface area contributed by atoms with Gasteiger partial charge in [0.05, 0.1) is 17.2 Å². The molecule has 0 fully saturated rings. The molecule has 30 heavy (non-hydrogen) atoms. The van der Waals surface area contributed by atoms with Crippen molar-refractivity contribution < 1.29 is 18.3 Å². The van der Waals surface area contributed by atoms with Gasteiger partial charge in [0.15, 0.2) is 0 Å². The predicted molar refractivity (Wildman–Crippen MR) is 120 cm³/mol. The minimum atomic E-state index is -3.96. The van der Waals surface area contributed by atoms with E-state index >= 15 is 0 Å². The van der Waals surface area contributed by atoms with Crippen LogP contribution in [-0.2, 0) is 20.2 Å². The first kappa shape index (κ1) is 23.9. The molecule has 1 amide bonds. The SMILES string of the molecule is CCN(CCO)C(=O)CN(c1ccc(C)cc1)S(=O)(=O)c1ccc(C(C)(C)C)cc1. The van der Waals surface area contributed by atoms with E-state index in [-0.39, 0.29) is 35.9 Å². The molecule has 0 radical (unpaired) electrons. The maximum Gasteiger partial charge on any atom is 0.264 e. The smallest absolute Gasteiger partial charge is 0.264 e. The van der Waals surface area contributed by atoms with Crippen LogP contribution in [0.25, 0.3) is 0 Å². The fourth-order valence-corrected chi connectivity index (χ4v) is 4.50. The molecule has 2 aromatic rings. The van der Waals surface area contributed by atoms with Crippen LogP contribution in [0.3, 0.4) is 0 Å². The molecule has 0 atom stereocenters. The van der Waals surface area contributed by atoms with Gasteiger partial charge in [-0.15, -0.1) is 0 Å². The van der Waals surface area contributed by atoms with Crippen molar-refractivity contribution in [2.75, 3.05) is 30.5 Å². The van der Waals surface area contributed by atoms with E-state index < -0.39 is 10.0 Å². The Balaban J connectivity index is 2.46. The van der Waals surface area contributed by atoms with Gasteiger partial charge in [0.25, 0.3) is 10.0 Å². The summed E-state index contributed by atoms with van der Waals surface area (Å²) >= 11 is 0. The Morgan fingerprint density at radius 1 is 1.00 bits per heavy atom. The van der Waals surface area contributed by atoms with Gasteiger partial charge in [-0.2, -0.15) is 0 Å². The van der Waals surface area contributed by atoms with Crippen LogP contribution < -0.4 is 4.31 Å². The lowest BCUT2D eigenvalue weighted by Gasteiger charge is -2.28. The molecular formula is C23H32N2O4S. The van der Waals surface area contributed by atoms with Crippen molar-refractivity contribution in [2.45, 2.75) is 44.9 Å². The van der Waals surface area contributed by atoms with Gasteiger partial charge in [0, 0.05) is 13.1 Å². The molecule has 0 bridgehead atoms. The quantitative estimate of drug-likeness (QED) is 0.694. The van der Waals surface area contributed by atoms with E-state index in [0.717, 1.165) is 15.4 Å². The molecule has 0 spiro atoms. The van der Waals surface area contributed by atoms with Crippen molar-refractivity contribution in [2.24, 2.45) is 0 Å². The van der Waals surface area contributed by atoms with E-state index in [9.17, 15) is 18.3 Å². The number of carbonyl (C=O) groups is 1. The molecule has 0 aliphatic carbocycles. The third kappa shape index (κ3) is 5.61.